The molecule has 0 aromatic heterocycles. The van der Waals surface area contributed by atoms with Gasteiger partial charge in [-0.15, -0.1) is 10.2 Å². The molecule has 8 rings (SSSR count). The van der Waals surface area contributed by atoms with Gasteiger partial charge in [0.2, 0.25) is 0 Å². The molecular formula is C49H40N4O3. The Morgan fingerprint density at radius 3 is 1.23 bits per heavy atom. The Bertz CT molecular complexity index is 2320. The SMILES string of the molecule is COc1cc(N=Nc2ccc(C(COC(c3ccccc3)c3ccc(N=Nc4cc(OC)c5cccccc4-5)cc3)c3ccccc3)cc2)c2cccccc1-2. The topological polar surface area (TPSA) is 77.1 Å². The maximum Gasteiger partial charge on any atom is 0.129 e. The van der Waals surface area contributed by atoms with Crippen molar-refractivity contribution in [1.29, 1.82) is 0 Å². The van der Waals surface area contributed by atoms with Crippen molar-refractivity contribution in [3.8, 4) is 33.8 Å². The van der Waals surface area contributed by atoms with Crippen LogP contribution in [0.15, 0.2) is 202 Å². The molecule has 2 atom stereocenters. The number of benzene rings is 4. The highest BCUT2D eigenvalue weighted by Crippen LogP contribution is 2.44. The largest absolute Gasteiger partial charge is 0.496 e. The third-order valence-corrected chi connectivity index (χ3v) is 9.91. The molecule has 4 aliphatic carbocycles. The molecule has 7 heteroatoms. The lowest BCUT2D eigenvalue weighted by molar-refractivity contribution is 0.0745. The van der Waals surface area contributed by atoms with Crippen LogP contribution >= 0.6 is 0 Å². The molecule has 7 nitrogen and oxygen atoms in total. The highest BCUT2D eigenvalue weighted by Gasteiger charge is 2.21. The van der Waals surface area contributed by atoms with Crippen molar-refractivity contribution < 1.29 is 14.2 Å². The molecule has 0 amide bonds. The summed E-state index contributed by atoms with van der Waals surface area (Å²) < 4.78 is 18.1. The van der Waals surface area contributed by atoms with Gasteiger partial charge >= 0.3 is 0 Å². The van der Waals surface area contributed by atoms with Crippen LogP contribution < -0.4 is 9.47 Å². The fraction of sp³-hybridized carbons (Fsp3) is 0.102. The Hall–Kier alpha value is -6.96. The predicted octanol–water partition coefficient (Wildman–Crippen LogP) is 13.7. The summed E-state index contributed by atoms with van der Waals surface area (Å²) in [6.45, 7) is 0.450. The monoisotopic (exact) mass is 732 g/mol. The van der Waals surface area contributed by atoms with Gasteiger partial charge in [0.1, 0.15) is 17.6 Å². The van der Waals surface area contributed by atoms with Crippen LogP contribution in [-0.2, 0) is 4.74 Å². The number of methoxy groups -OCH3 is 2. The molecule has 0 N–H and O–H groups in total. The number of fused-ring (bicyclic) bond motifs is 2. The number of nitrogens with zero attached hydrogens (tertiary/aromatic N) is 4. The van der Waals surface area contributed by atoms with Gasteiger partial charge in [-0.25, -0.2) is 0 Å². The number of hydrogen-bond acceptors (Lipinski definition) is 7. The number of hydrogen-bond donors (Lipinski definition) is 0. The molecule has 0 heterocycles. The van der Waals surface area contributed by atoms with E-state index in [1.807, 2.05) is 121 Å². The normalized spacial score (nSPS) is 12.7. The molecule has 4 aromatic carbocycles. The van der Waals surface area contributed by atoms with Crippen LogP contribution in [0.1, 0.15) is 34.3 Å². The van der Waals surface area contributed by atoms with E-state index in [2.05, 4.69) is 81.1 Å². The van der Waals surface area contributed by atoms with E-state index in [4.69, 9.17) is 14.2 Å². The van der Waals surface area contributed by atoms with Crippen LogP contribution in [-0.4, -0.2) is 20.8 Å². The van der Waals surface area contributed by atoms with E-state index < -0.39 is 0 Å². The van der Waals surface area contributed by atoms with E-state index in [0.29, 0.717) is 6.61 Å². The molecule has 56 heavy (non-hydrogen) atoms. The minimum absolute atomic E-state index is 0.0251. The Kier molecular flexibility index (Phi) is 11.0. The van der Waals surface area contributed by atoms with Gasteiger partial charge in [0, 0.05) is 40.3 Å². The summed E-state index contributed by atoms with van der Waals surface area (Å²) in [7, 11) is 3.34. The minimum atomic E-state index is -0.303. The highest BCUT2D eigenvalue weighted by molar-refractivity contribution is 5.86. The highest BCUT2D eigenvalue weighted by atomic mass is 16.5. The standard InChI is InChI=1S/C49H40N4O3/c1-54-47-31-45(40-19-11-5-13-21-42(40)47)52-50-38-27-23-35(24-28-38)44(34-15-7-3-8-16-34)33-56-49(36-17-9-4-10-18-36)37-25-29-39(30-26-37)51-53-46-32-48(55-2)43-22-14-6-12-20-41(43)46/h3-32,44,49H,33H2,1-2H3. The maximum absolute atomic E-state index is 6.90. The first-order chi connectivity index (χ1) is 27.7. The summed E-state index contributed by atoms with van der Waals surface area (Å²) in [6.07, 6.45) is -0.303. The van der Waals surface area contributed by atoms with Gasteiger partial charge < -0.3 is 14.2 Å². The molecule has 0 saturated carbocycles. The summed E-state index contributed by atoms with van der Waals surface area (Å²) in [4.78, 5) is 0. The molecule has 0 spiro atoms. The lowest BCUT2D eigenvalue weighted by Gasteiger charge is -2.24. The smallest absolute Gasteiger partial charge is 0.129 e. The van der Waals surface area contributed by atoms with Gasteiger partial charge in [-0.05, 0) is 46.5 Å². The third-order valence-electron chi connectivity index (χ3n) is 9.91. The third kappa shape index (κ3) is 7.94. The first-order valence-corrected chi connectivity index (χ1v) is 18.5. The molecule has 4 aliphatic rings. The first kappa shape index (κ1) is 36.0. The van der Waals surface area contributed by atoms with Gasteiger partial charge in [-0.2, -0.15) is 10.2 Å². The van der Waals surface area contributed by atoms with E-state index >= 15 is 0 Å². The number of azo groups is 2. The van der Waals surface area contributed by atoms with Crippen LogP contribution in [0.2, 0.25) is 0 Å². The fourth-order valence-electron chi connectivity index (χ4n) is 7.02. The molecule has 274 valence electrons. The van der Waals surface area contributed by atoms with Gasteiger partial charge in [0.25, 0.3) is 0 Å². The number of ether oxygens (including phenoxy) is 3. The second-order valence-corrected chi connectivity index (χ2v) is 13.3. The molecule has 0 bridgehead atoms. The van der Waals surface area contributed by atoms with Crippen molar-refractivity contribution >= 4 is 22.7 Å². The Labute approximate surface area is 327 Å². The zero-order valence-electron chi connectivity index (χ0n) is 31.2. The summed E-state index contributed by atoms with van der Waals surface area (Å²) in [5.41, 5.74) is 11.4. The van der Waals surface area contributed by atoms with E-state index in [9.17, 15) is 0 Å². The Morgan fingerprint density at radius 2 is 0.768 bits per heavy atom. The van der Waals surface area contributed by atoms with Crippen molar-refractivity contribution in [2.24, 2.45) is 20.5 Å². The van der Waals surface area contributed by atoms with E-state index in [0.717, 1.165) is 78.8 Å². The van der Waals surface area contributed by atoms with E-state index in [1.54, 1.807) is 14.2 Å². The second-order valence-electron chi connectivity index (χ2n) is 13.3. The van der Waals surface area contributed by atoms with Crippen LogP contribution in [0.25, 0.3) is 22.3 Å². The Morgan fingerprint density at radius 1 is 0.393 bits per heavy atom. The van der Waals surface area contributed by atoms with Gasteiger partial charge in [-0.1, -0.05) is 146 Å². The minimum Gasteiger partial charge on any atom is -0.496 e. The first-order valence-electron chi connectivity index (χ1n) is 18.5. The zero-order chi connectivity index (χ0) is 38.1. The van der Waals surface area contributed by atoms with Gasteiger partial charge in [0.05, 0.1) is 43.6 Å². The van der Waals surface area contributed by atoms with E-state index in [1.165, 1.54) is 0 Å². The molecule has 0 saturated heterocycles. The van der Waals surface area contributed by atoms with Crippen molar-refractivity contribution in [3.05, 3.63) is 204 Å². The summed E-state index contributed by atoms with van der Waals surface area (Å²) in [6, 6.07) is 61.1. The van der Waals surface area contributed by atoms with Gasteiger partial charge in [-0.3, -0.25) is 0 Å². The van der Waals surface area contributed by atoms with Crippen molar-refractivity contribution in [2.45, 2.75) is 12.0 Å². The second kappa shape index (κ2) is 17.0. The van der Waals surface area contributed by atoms with Crippen molar-refractivity contribution in [3.63, 3.8) is 0 Å². The zero-order valence-corrected chi connectivity index (χ0v) is 31.2. The van der Waals surface area contributed by atoms with Crippen LogP contribution in [0.3, 0.4) is 0 Å². The molecule has 2 unspecified atom stereocenters. The van der Waals surface area contributed by atoms with Crippen LogP contribution in [0.4, 0.5) is 22.7 Å². The summed E-state index contributed by atoms with van der Waals surface area (Å²) in [5.74, 6) is 1.53. The summed E-state index contributed by atoms with van der Waals surface area (Å²) >= 11 is 0. The fourth-order valence-corrected chi connectivity index (χ4v) is 7.02. The molecule has 4 aromatic rings. The van der Waals surface area contributed by atoms with Crippen LogP contribution in [0.5, 0.6) is 11.5 Å². The molecular weight excluding hydrogens is 693 g/mol. The summed E-state index contributed by atoms with van der Waals surface area (Å²) in [5, 5.41) is 18.4. The quantitative estimate of drug-likeness (QED) is 0.111. The van der Waals surface area contributed by atoms with Gasteiger partial charge in [0.15, 0.2) is 0 Å². The molecule has 0 radical (unpaired) electrons. The molecule has 0 aliphatic heterocycles. The van der Waals surface area contributed by atoms with Crippen molar-refractivity contribution in [1.82, 2.24) is 0 Å². The van der Waals surface area contributed by atoms with Crippen LogP contribution in [0, 0.1) is 0 Å². The number of rotatable bonds is 13. The lowest BCUT2D eigenvalue weighted by Crippen LogP contribution is -2.14. The maximum atomic E-state index is 6.90. The average Bonchev–Trinajstić information content (AvgIpc) is 3.49. The van der Waals surface area contributed by atoms with Crippen molar-refractivity contribution in [2.75, 3.05) is 20.8 Å². The Balaban J connectivity index is 1.03. The lowest BCUT2D eigenvalue weighted by atomic mass is 9.91. The predicted molar refractivity (Wildman–Crippen MR) is 223 cm³/mol. The molecule has 0 fully saturated rings. The van der Waals surface area contributed by atoms with E-state index in [-0.39, 0.29) is 12.0 Å². The average molecular weight is 733 g/mol.